The maximum absolute atomic E-state index is 11.4. The van der Waals surface area contributed by atoms with Crippen LogP contribution >= 0.6 is 0 Å². The van der Waals surface area contributed by atoms with E-state index in [2.05, 4.69) is 15.3 Å². The Kier molecular flexibility index (Phi) is 3.64. The standard InChI is InChI=1S/C9H15N3O2/c1-6(2)11-9-10-5-7(3-4-13)8(14)12-9/h5-6,13H,3-4H2,1-2H3,(H2,10,11,12,14). The van der Waals surface area contributed by atoms with Gasteiger partial charge in [-0.1, -0.05) is 0 Å². The first-order chi connectivity index (χ1) is 6.63. The normalized spacial score (nSPS) is 10.6. The van der Waals surface area contributed by atoms with E-state index < -0.39 is 0 Å². The van der Waals surface area contributed by atoms with E-state index in [0.717, 1.165) is 0 Å². The lowest BCUT2D eigenvalue weighted by Gasteiger charge is -2.08. The van der Waals surface area contributed by atoms with E-state index in [9.17, 15) is 4.79 Å². The van der Waals surface area contributed by atoms with Crippen molar-refractivity contribution in [3.63, 3.8) is 0 Å². The first-order valence-electron chi connectivity index (χ1n) is 4.59. The molecule has 1 heterocycles. The molecule has 0 bridgehead atoms. The quantitative estimate of drug-likeness (QED) is 0.641. The van der Waals surface area contributed by atoms with Crippen molar-refractivity contribution in [3.8, 4) is 0 Å². The molecule has 0 saturated heterocycles. The van der Waals surface area contributed by atoms with Crippen LogP contribution in [0.25, 0.3) is 0 Å². The van der Waals surface area contributed by atoms with Crippen molar-refractivity contribution in [2.75, 3.05) is 11.9 Å². The molecule has 1 aromatic heterocycles. The van der Waals surface area contributed by atoms with Crippen molar-refractivity contribution < 1.29 is 5.11 Å². The van der Waals surface area contributed by atoms with Crippen molar-refractivity contribution >= 4 is 5.95 Å². The molecule has 0 fully saturated rings. The van der Waals surface area contributed by atoms with Gasteiger partial charge < -0.3 is 10.4 Å². The molecule has 3 N–H and O–H groups in total. The number of aromatic nitrogens is 2. The summed E-state index contributed by atoms with van der Waals surface area (Å²) in [6.07, 6.45) is 1.82. The van der Waals surface area contributed by atoms with Crippen molar-refractivity contribution in [2.45, 2.75) is 26.3 Å². The summed E-state index contributed by atoms with van der Waals surface area (Å²) in [5, 5.41) is 11.6. The summed E-state index contributed by atoms with van der Waals surface area (Å²) in [7, 11) is 0. The van der Waals surface area contributed by atoms with Gasteiger partial charge in [0.05, 0.1) is 0 Å². The number of hydrogen-bond donors (Lipinski definition) is 3. The molecule has 0 spiro atoms. The molecule has 0 saturated carbocycles. The number of anilines is 1. The predicted molar refractivity (Wildman–Crippen MR) is 54.4 cm³/mol. The monoisotopic (exact) mass is 197 g/mol. The maximum atomic E-state index is 11.4. The third-order valence-corrected chi connectivity index (χ3v) is 1.68. The number of hydrogen-bond acceptors (Lipinski definition) is 4. The molecular formula is C9H15N3O2. The third-order valence-electron chi connectivity index (χ3n) is 1.68. The van der Waals surface area contributed by atoms with Crippen molar-refractivity contribution in [2.24, 2.45) is 0 Å². The Labute approximate surface area is 82.2 Å². The highest BCUT2D eigenvalue weighted by molar-refractivity contribution is 5.25. The summed E-state index contributed by atoms with van der Waals surface area (Å²) in [5.74, 6) is 0.465. The van der Waals surface area contributed by atoms with Gasteiger partial charge in [0.1, 0.15) is 0 Å². The summed E-state index contributed by atoms with van der Waals surface area (Å²) in [6.45, 7) is 3.88. The minimum absolute atomic E-state index is 0.0400. The Morgan fingerprint density at radius 2 is 2.36 bits per heavy atom. The van der Waals surface area contributed by atoms with Crippen LogP contribution in [0.15, 0.2) is 11.0 Å². The van der Waals surface area contributed by atoms with Gasteiger partial charge >= 0.3 is 0 Å². The molecule has 0 amide bonds. The fourth-order valence-electron chi connectivity index (χ4n) is 1.07. The van der Waals surface area contributed by atoms with E-state index in [-0.39, 0.29) is 18.2 Å². The fraction of sp³-hybridized carbons (Fsp3) is 0.556. The van der Waals surface area contributed by atoms with Crippen LogP contribution < -0.4 is 10.9 Å². The molecule has 0 aromatic carbocycles. The van der Waals surface area contributed by atoms with Crippen LogP contribution in [0.2, 0.25) is 0 Å². The van der Waals surface area contributed by atoms with Crippen LogP contribution in [-0.2, 0) is 6.42 Å². The van der Waals surface area contributed by atoms with Crippen LogP contribution in [0, 0.1) is 0 Å². The van der Waals surface area contributed by atoms with Crippen molar-refractivity contribution in [1.29, 1.82) is 0 Å². The van der Waals surface area contributed by atoms with Gasteiger partial charge in [-0.15, -0.1) is 0 Å². The molecule has 0 aliphatic heterocycles. The molecule has 1 rings (SSSR count). The molecule has 78 valence electrons. The van der Waals surface area contributed by atoms with Crippen LogP contribution in [0.4, 0.5) is 5.95 Å². The van der Waals surface area contributed by atoms with Gasteiger partial charge in [0, 0.05) is 30.8 Å². The van der Waals surface area contributed by atoms with Crippen LogP contribution in [0.3, 0.4) is 0 Å². The first-order valence-corrected chi connectivity index (χ1v) is 4.59. The van der Waals surface area contributed by atoms with Gasteiger partial charge in [0.25, 0.3) is 5.56 Å². The van der Waals surface area contributed by atoms with Crippen LogP contribution in [0.5, 0.6) is 0 Å². The number of aliphatic hydroxyl groups is 1. The van der Waals surface area contributed by atoms with Gasteiger partial charge in [-0.2, -0.15) is 0 Å². The summed E-state index contributed by atoms with van der Waals surface area (Å²) in [5.41, 5.74) is 0.305. The third kappa shape index (κ3) is 2.85. The fourth-order valence-corrected chi connectivity index (χ4v) is 1.07. The molecule has 0 aliphatic rings. The lowest BCUT2D eigenvalue weighted by molar-refractivity contribution is 0.299. The van der Waals surface area contributed by atoms with Gasteiger partial charge in [-0.3, -0.25) is 9.78 Å². The van der Waals surface area contributed by atoms with Gasteiger partial charge in [-0.25, -0.2) is 4.98 Å². The number of rotatable bonds is 4. The maximum Gasteiger partial charge on any atom is 0.255 e. The van der Waals surface area contributed by atoms with E-state index in [1.807, 2.05) is 13.8 Å². The Morgan fingerprint density at radius 1 is 1.64 bits per heavy atom. The minimum Gasteiger partial charge on any atom is -0.396 e. The second-order valence-corrected chi connectivity index (χ2v) is 3.36. The second-order valence-electron chi connectivity index (χ2n) is 3.36. The summed E-state index contributed by atoms with van der Waals surface area (Å²) in [4.78, 5) is 18.0. The first kappa shape index (κ1) is 10.7. The topological polar surface area (TPSA) is 78.0 Å². The van der Waals surface area contributed by atoms with E-state index in [1.54, 1.807) is 0 Å². The number of nitrogens with one attached hydrogen (secondary N) is 2. The molecule has 14 heavy (non-hydrogen) atoms. The SMILES string of the molecule is CC(C)Nc1ncc(CCO)c(=O)[nH]1. The largest absolute Gasteiger partial charge is 0.396 e. The molecule has 5 heteroatoms. The zero-order valence-corrected chi connectivity index (χ0v) is 8.37. The number of aromatic amines is 1. The van der Waals surface area contributed by atoms with Crippen LogP contribution in [0.1, 0.15) is 19.4 Å². The summed E-state index contributed by atoms with van der Waals surface area (Å²) >= 11 is 0. The molecular weight excluding hydrogens is 182 g/mol. The van der Waals surface area contributed by atoms with E-state index in [4.69, 9.17) is 5.11 Å². The molecule has 0 radical (unpaired) electrons. The van der Waals surface area contributed by atoms with E-state index in [0.29, 0.717) is 17.9 Å². The Bertz CT molecular complexity index is 346. The smallest absolute Gasteiger partial charge is 0.255 e. The van der Waals surface area contributed by atoms with Gasteiger partial charge in [-0.05, 0) is 13.8 Å². The lowest BCUT2D eigenvalue weighted by atomic mass is 10.2. The zero-order chi connectivity index (χ0) is 10.6. The van der Waals surface area contributed by atoms with Crippen LogP contribution in [-0.4, -0.2) is 27.7 Å². The molecule has 5 nitrogen and oxygen atoms in total. The highest BCUT2D eigenvalue weighted by Gasteiger charge is 2.02. The Hall–Kier alpha value is -1.36. The second kappa shape index (κ2) is 4.76. The Balaban J connectivity index is 2.84. The van der Waals surface area contributed by atoms with Gasteiger partial charge in [0.2, 0.25) is 5.95 Å². The molecule has 0 atom stereocenters. The summed E-state index contributed by atoms with van der Waals surface area (Å²) < 4.78 is 0. The van der Waals surface area contributed by atoms with Gasteiger partial charge in [0.15, 0.2) is 0 Å². The number of nitrogens with zero attached hydrogens (tertiary/aromatic N) is 1. The average Bonchev–Trinajstić information content (AvgIpc) is 2.09. The number of aliphatic hydroxyl groups excluding tert-OH is 1. The lowest BCUT2D eigenvalue weighted by Crippen LogP contribution is -2.20. The highest BCUT2D eigenvalue weighted by atomic mass is 16.3. The molecule has 1 aromatic rings. The molecule has 0 unspecified atom stereocenters. The number of H-pyrrole nitrogens is 1. The summed E-state index contributed by atoms with van der Waals surface area (Å²) in [6, 6.07) is 0.224. The molecule has 0 aliphatic carbocycles. The van der Waals surface area contributed by atoms with E-state index >= 15 is 0 Å². The average molecular weight is 197 g/mol. The minimum atomic E-state index is -0.197. The van der Waals surface area contributed by atoms with Crippen molar-refractivity contribution in [3.05, 3.63) is 22.1 Å². The Morgan fingerprint density at radius 3 is 2.86 bits per heavy atom. The predicted octanol–water partition coefficient (Wildman–Crippen LogP) is 0.125. The zero-order valence-electron chi connectivity index (χ0n) is 8.37. The van der Waals surface area contributed by atoms with Crippen molar-refractivity contribution in [1.82, 2.24) is 9.97 Å². The van der Waals surface area contributed by atoms with E-state index in [1.165, 1.54) is 6.20 Å². The highest BCUT2D eigenvalue weighted by Crippen LogP contribution is 1.97.